The highest BCUT2D eigenvalue weighted by atomic mass is 32.2. The molecule has 0 radical (unpaired) electrons. The van der Waals surface area contributed by atoms with E-state index in [9.17, 15) is 0 Å². The molecule has 1 saturated heterocycles. The first-order chi connectivity index (χ1) is 11.9. The Bertz CT molecular complexity index is 699. The number of nitrogens with zero attached hydrogens (tertiary/aromatic N) is 1. The fraction of sp³-hybridized carbons (Fsp3) is 0.364. The highest BCUT2D eigenvalue weighted by molar-refractivity contribution is 7.99. The summed E-state index contributed by atoms with van der Waals surface area (Å²) < 4.78 is 0. The zero-order valence-electron chi connectivity index (χ0n) is 14.2. The molecular weight excluding hydrogens is 310 g/mol. The molecule has 0 amide bonds. The molecule has 2 heterocycles. The van der Waals surface area contributed by atoms with Gasteiger partial charge in [-0.3, -0.25) is 4.90 Å². The lowest BCUT2D eigenvalue weighted by molar-refractivity contribution is 0.227. The summed E-state index contributed by atoms with van der Waals surface area (Å²) >= 11 is 2.00. The predicted molar refractivity (Wildman–Crippen MR) is 105 cm³/mol. The molecule has 2 aromatic carbocycles. The van der Waals surface area contributed by atoms with E-state index in [2.05, 4.69) is 65.6 Å². The van der Waals surface area contributed by atoms with Gasteiger partial charge in [0, 0.05) is 17.2 Å². The number of thioether (sulfide) groups is 1. The second-order valence-corrected chi connectivity index (χ2v) is 8.04. The Morgan fingerprint density at radius 2 is 1.67 bits per heavy atom. The monoisotopic (exact) mass is 335 g/mol. The first-order valence-corrected chi connectivity index (χ1v) is 10.1. The van der Waals surface area contributed by atoms with Gasteiger partial charge in [-0.25, -0.2) is 0 Å². The van der Waals surface area contributed by atoms with E-state index < -0.39 is 0 Å². The van der Waals surface area contributed by atoms with Crippen LogP contribution in [0.15, 0.2) is 65.1 Å². The summed E-state index contributed by atoms with van der Waals surface area (Å²) in [5.74, 6) is 1.96. The highest BCUT2D eigenvalue weighted by Crippen LogP contribution is 2.32. The molecule has 0 N–H and O–H groups in total. The van der Waals surface area contributed by atoms with Gasteiger partial charge >= 0.3 is 0 Å². The first kappa shape index (κ1) is 16.0. The van der Waals surface area contributed by atoms with E-state index in [-0.39, 0.29) is 0 Å². The van der Waals surface area contributed by atoms with Crippen molar-refractivity contribution in [2.24, 2.45) is 0 Å². The molecule has 4 rings (SSSR count). The van der Waals surface area contributed by atoms with Crippen LogP contribution in [-0.2, 0) is 0 Å². The predicted octanol–water partition coefficient (Wildman–Crippen LogP) is 5.45. The highest BCUT2D eigenvalue weighted by Gasteiger charge is 2.21. The SMILES string of the molecule is C1=C(CN2CCC(c3ccccc3)CC2)CCSc2ccccc21. The van der Waals surface area contributed by atoms with Crippen LogP contribution in [-0.4, -0.2) is 30.3 Å². The van der Waals surface area contributed by atoms with Crippen molar-refractivity contribution >= 4 is 17.8 Å². The van der Waals surface area contributed by atoms with Gasteiger partial charge in [0.05, 0.1) is 0 Å². The third-order valence-electron chi connectivity index (χ3n) is 5.24. The summed E-state index contributed by atoms with van der Waals surface area (Å²) in [7, 11) is 0. The van der Waals surface area contributed by atoms with Crippen molar-refractivity contribution in [2.75, 3.05) is 25.4 Å². The van der Waals surface area contributed by atoms with Gasteiger partial charge in [-0.05, 0) is 55.5 Å². The van der Waals surface area contributed by atoms with Crippen LogP contribution in [0.25, 0.3) is 6.08 Å². The summed E-state index contributed by atoms with van der Waals surface area (Å²) in [5.41, 5.74) is 4.54. The molecular formula is C22H25NS. The van der Waals surface area contributed by atoms with Gasteiger partial charge < -0.3 is 0 Å². The minimum Gasteiger partial charge on any atom is -0.299 e. The zero-order chi connectivity index (χ0) is 16.2. The van der Waals surface area contributed by atoms with Crippen molar-refractivity contribution in [1.29, 1.82) is 0 Å². The molecule has 2 aliphatic rings. The van der Waals surface area contributed by atoms with Gasteiger partial charge in [0.15, 0.2) is 0 Å². The van der Waals surface area contributed by atoms with Gasteiger partial charge in [0.2, 0.25) is 0 Å². The average molecular weight is 336 g/mol. The van der Waals surface area contributed by atoms with Crippen LogP contribution in [0.1, 0.15) is 36.3 Å². The smallest absolute Gasteiger partial charge is 0.0196 e. The van der Waals surface area contributed by atoms with Crippen LogP contribution in [0.5, 0.6) is 0 Å². The third-order valence-corrected chi connectivity index (χ3v) is 6.34. The van der Waals surface area contributed by atoms with Crippen molar-refractivity contribution in [2.45, 2.75) is 30.1 Å². The van der Waals surface area contributed by atoms with E-state index >= 15 is 0 Å². The molecule has 2 aliphatic heterocycles. The Balaban J connectivity index is 1.38. The second kappa shape index (κ2) is 7.58. The lowest BCUT2D eigenvalue weighted by atomic mass is 9.89. The Morgan fingerprint density at radius 3 is 2.50 bits per heavy atom. The molecule has 0 unspecified atom stereocenters. The lowest BCUT2D eigenvalue weighted by Crippen LogP contribution is -2.34. The van der Waals surface area contributed by atoms with Crippen molar-refractivity contribution in [3.63, 3.8) is 0 Å². The normalized spacial score (nSPS) is 19.4. The van der Waals surface area contributed by atoms with Crippen molar-refractivity contribution in [1.82, 2.24) is 4.90 Å². The number of rotatable bonds is 3. The van der Waals surface area contributed by atoms with E-state index in [1.165, 1.54) is 54.1 Å². The Kier molecular flexibility index (Phi) is 5.05. The standard InChI is InChI=1S/C22H25NS/c1-2-6-19(7-3-1)20-10-13-23(14-11-20)17-18-12-15-24-22-9-5-4-8-21(22)16-18/h1-9,16,20H,10-15,17H2. The Labute approximate surface area is 149 Å². The molecule has 124 valence electrons. The fourth-order valence-electron chi connectivity index (χ4n) is 3.88. The van der Waals surface area contributed by atoms with E-state index in [0.717, 1.165) is 12.5 Å². The maximum absolute atomic E-state index is 2.66. The minimum atomic E-state index is 0.752. The number of benzene rings is 2. The van der Waals surface area contributed by atoms with Crippen LogP contribution in [0, 0.1) is 0 Å². The number of likely N-dealkylation sites (tertiary alicyclic amines) is 1. The van der Waals surface area contributed by atoms with Crippen molar-refractivity contribution in [3.05, 3.63) is 71.3 Å². The molecule has 24 heavy (non-hydrogen) atoms. The van der Waals surface area contributed by atoms with Crippen molar-refractivity contribution < 1.29 is 0 Å². The van der Waals surface area contributed by atoms with Crippen LogP contribution in [0.2, 0.25) is 0 Å². The van der Waals surface area contributed by atoms with Gasteiger partial charge in [-0.15, -0.1) is 11.8 Å². The second-order valence-electron chi connectivity index (χ2n) is 6.90. The van der Waals surface area contributed by atoms with Gasteiger partial charge in [0.1, 0.15) is 0 Å². The minimum absolute atomic E-state index is 0.752. The van der Waals surface area contributed by atoms with Gasteiger partial charge in [-0.2, -0.15) is 0 Å². The number of hydrogen-bond acceptors (Lipinski definition) is 2. The molecule has 0 saturated carbocycles. The lowest BCUT2D eigenvalue weighted by Gasteiger charge is -2.32. The molecule has 1 nitrogen and oxygen atoms in total. The molecule has 0 aliphatic carbocycles. The van der Waals surface area contributed by atoms with Crippen LogP contribution >= 0.6 is 11.8 Å². The van der Waals surface area contributed by atoms with E-state index in [1.54, 1.807) is 5.57 Å². The Morgan fingerprint density at radius 1 is 0.917 bits per heavy atom. The van der Waals surface area contributed by atoms with E-state index in [1.807, 2.05) is 11.8 Å². The van der Waals surface area contributed by atoms with E-state index in [4.69, 9.17) is 0 Å². The largest absolute Gasteiger partial charge is 0.299 e. The molecule has 0 atom stereocenters. The average Bonchev–Trinajstić information content (AvgIpc) is 2.85. The van der Waals surface area contributed by atoms with Gasteiger partial charge in [-0.1, -0.05) is 60.2 Å². The van der Waals surface area contributed by atoms with E-state index in [0.29, 0.717) is 0 Å². The quantitative estimate of drug-likeness (QED) is 0.734. The number of fused-ring (bicyclic) bond motifs is 1. The first-order valence-electron chi connectivity index (χ1n) is 9.07. The van der Waals surface area contributed by atoms with Gasteiger partial charge in [0.25, 0.3) is 0 Å². The fourth-order valence-corrected chi connectivity index (χ4v) is 4.93. The topological polar surface area (TPSA) is 3.24 Å². The number of hydrogen-bond donors (Lipinski definition) is 0. The van der Waals surface area contributed by atoms with Crippen molar-refractivity contribution in [3.8, 4) is 0 Å². The summed E-state index contributed by atoms with van der Waals surface area (Å²) in [6, 6.07) is 19.9. The molecule has 2 aromatic rings. The molecule has 0 aromatic heterocycles. The third kappa shape index (κ3) is 3.76. The van der Waals surface area contributed by atoms with Crippen LogP contribution in [0.3, 0.4) is 0 Å². The molecule has 2 heteroatoms. The Hall–Kier alpha value is -1.51. The zero-order valence-corrected chi connectivity index (χ0v) is 15.0. The maximum atomic E-state index is 2.66. The molecule has 0 spiro atoms. The van der Waals surface area contributed by atoms with Crippen LogP contribution < -0.4 is 0 Å². The number of piperidine rings is 1. The summed E-state index contributed by atoms with van der Waals surface area (Å²) in [4.78, 5) is 4.10. The summed E-state index contributed by atoms with van der Waals surface area (Å²) in [6.07, 6.45) is 6.25. The summed E-state index contributed by atoms with van der Waals surface area (Å²) in [6.45, 7) is 3.60. The molecule has 0 bridgehead atoms. The molecule has 1 fully saturated rings. The maximum Gasteiger partial charge on any atom is 0.0196 e. The summed E-state index contributed by atoms with van der Waals surface area (Å²) in [5, 5.41) is 0. The van der Waals surface area contributed by atoms with Crippen LogP contribution in [0.4, 0.5) is 0 Å².